The van der Waals surface area contributed by atoms with E-state index in [2.05, 4.69) is 19.6 Å². The van der Waals surface area contributed by atoms with Crippen LogP contribution >= 0.6 is 0 Å². The Morgan fingerprint density at radius 3 is 2.21 bits per heavy atom. The maximum absolute atomic E-state index is 13.1. The van der Waals surface area contributed by atoms with E-state index in [-0.39, 0.29) is 17.5 Å². The molecule has 1 aromatic carbocycles. The van der Waals surface area contributed by atoms with Crippen molar-refractivity contribution in [2.24, 2.45) is 5.73 Å². The van der Waals surface area contributed by atoms with Crippen molar-refractivity contribution in [3.8, 4) is 0 Å². The van der Waals surface area contributed by atoms with Gasteiger partial charge in [-0.3, -0.25) is 9.59 Å². The first kappa shape index (κ1) is 17.3. The number of fused-ring (bicyclic) bond motifs is 1. The standard InChI is InChI=1S/C10H9FO.C3H8.C2H5NO/c1-6-2-4-8(11)7-3-5-9(12)10(6)7;1-3-2;1-2(3)4/h2,4H,3,5H2,1H3;3H2,1-2H3;1H3,(H2,3,4). The maximum atomic E-state index is 13.1. The summed E-state index contributed by atoms with van der Waals surface area (Å²) in [5.41, 5.74) is 6.60. The fraction of sp³-hybridized carbons (Fsp3) is 0.467. The quantitative estimate of drug-likeness (QED) is 0.784. The Labute approximate surface area is 114 Å². The van der Waals surface area contributed by atoms with Gasteiger partial charge in [0.2, 0.25) is 5.91 Å². The van der Waals surface area contributed by atoms with E-state index in [0.717, 1.165) is 5.56 Å². The molecular formula is C15H22FNO2. The number of rotatable bonds is 0. The number of carbonyl (C=O) groups is 2. The predicted molar refractivity (Wildman–Crippen MR) is 74.6 cm³/mol. The van der Waals surface area contributed by atoms with Crippen molar-refractivity contribution < 1.29 is 14.0 Å². The topological polar surface area (TPSA) is 60.2 Å². The third-order valence-electron chi connectivity index (χ3n) is 2.34. The second-order valence-corrected chi connectivity index (χ2v) is 4.46. The monoisotopic (exact) mass is 267 g/mol. The highest BCUT2D eigenvalue weighted by Crippen LogP contribution is 2.27. The van der Waals surface area contributed by atoms with E-state index in [0.29, 0.717) is 24.0 Å². The Balaban J connectivity index is 0.000000393. The van der Waals surface area contributed by atoms with Crippen molar-refractivity contribution in [1.82, 2.24) is 0 Å². The van der Waals surface area contributed by atoms with Crippen LogP contribution in [0.1, 0.15) is 55.1 Å². The Hall–Kier alpha value is -1.71. The van der Waals surface area contributed by atoms with Crippen LogP contribution in [0.15, 0.2) is 12.1 Å². The van der Waals surface area contributed by atoms with Gasteiger partial charge in [0, 0.05) is 18.9 Å². The molecule has 0 atom stereocenters. The van der Waals surface area contributed by atoms with Gasteiger partial charge in [0.05, 0.1) is 0 Å². The number of aryl methyl sites for hydroxylation is 1. The van der Waals surface area contributed by atoms with Crippen LogP contribution < -0.4 is 5.73 Å². The summed E-state index contributed by atoms with van der Waals surface area (Å²) >= 11 is 0. The summed E-state index contributed by atoms with van der Waals surface area (Å²) in [5.74, 6) is -0.483. The second-order valence-electron chi connectivity index (χ2n) is 4.46. The number of halogens is 1. The highest BCUT2D eigenvalue weighted by molar-refractivity contribution is 6.01. The zero-order valence-electron chi connectivity index (χ0n) is 12.0. The molecule has 0 heterocycles. The lowest BCUT2D eigenvalue weighted by Crippen LogP contribution is -2.01. The SMILES string of the molecule is CC(N)=O.CCC.Cc1ccc(F)c2c1C(=O)CC2. The molecule has 19 heavy (non-hydrogen) atoms. The number of Topliss-reactive ketones (excluding diaryl/α,β-unsaturated/α-hetero) is 1. The average Bonchev–Trinajstić information content (AvgIpc) is 2.68. The van der Waals surface area contributed by atoms with Crippen molar-refractivity contribution >= 4 is 11.7 Å². The van der Waals surface area contributed by atoms with Crippen LogP contribution in [-0.4, -0.2) is 11.7 Å². The summed E-state index contributed by atoms with van der Waals surface area (Å²) in [4.78, 5) is 20.5. The zero-order valence-corrected chi connectivity index (χ0v) is 12.0. The van der Waals surface area contributed by atoms with Gasteiger partial charge < -0.3 is 5.73 Å². The van der Waals surface area contributed by atoms with Crippen LogP contribution in [0.4, 0.5) is 4.39 Å². The Morgan fingerprint density at radius 1 is 1.32 bits per heavy atom. The largest absolute Gasteiger partial charge is 0.370 e. The van der Waals surface area contributed by atoms with Crippen LogP contribution in [0.25, 0.3) is 0 Å². The molecule has 1 aliphatic rings. The Kier molecular flexibility index (Phi) is 7.65. The van der Waals surface area contributed by atoms with Crippen molar-refractivity contribution in [3.63, 3.8) is 0 Å². The minimum Gasteiger partial charge on any atom is -0.370 e. The molecule has 4 heteroatoms. The number of nitrogens with two attached hydrogens (primary N) is 1. The number of hydrogen-bond donors (Lipinski definition) is 1. The summed E-state index contributed by atoms with van der Waals surface area (Å²) in [6.07, 6.45) is 2.29. The van der Waals surface area contributed by atoms with E-state index in [1.54, 1.807) is 6.07 Å². The molecule has 0 fully saturated rings. The van der Waals surface area contributed by atoms with Gasteiger partial charge in [-0.2, -0.15) is 0 Å². The Morgan fingerprint density at radius 2 is 1.79 bits per heavy atom. The molecule has 0 unspecified atom stereocenters. The molecule has 0 bridgehead atoms. The van der Waals surface area contributed by atoms with E-state index in [4.69, 9.17) is 0 Å². The summed E-state index contributed by atoms with van der Waals surface area (Å²) in [5, 5.41) is 0. The van der Waals surface area contributed by atoms with Gasteiger partial charge in [0.25, 0.3) is 0 Å². The molecule has 0 spiro atoms. The number of benzene rings is 1. The molecule has 0 radical (unpaired) electrons. The molecule has 0 aliphatic heterocycles. The van der Waals surface area contributed by atoms with Gasteiger partial charge in [-0.1, -0.05) is 26.3 Å². The minimum absolute atomic E-state index is 0.0852. The minimum atomic E-state index is -0.333. The predicted octanol–water partition coefficient (Wildman–Crippen LogP) is 3.17. The number of amides is 1. The molecule has 0 saturated heterocycles. The van der Waals surface area contributed by atoms with Gasteiger partial charge in [-0.15, -0.1) is 0 Å². The fourth-order valence-corrected chi connectivity index (χ4v) is 1.74. The maximum Gasteiger partial charge on any atom is 0.214 e. The van der Waals surface area contributed by atoms with E-state index in [1.165, 1.54) is 19.4 Å². The molecule has 3 nitrogen and oxygen atoms in total. The van der Waals surface area contributed by atoms with Gasteiger partial charge >= 0.3 is 0 Å². The molecule has 0 saturated carbocycles. The van der Waals surface area contributed by atoms with E-state index in [1.807, 2.05) is 6.92 Å². The number of hydrogen-bond acceptors (Lipinski definition) is 2. The van der Waals surface area contributed by atoms with Crippen LogP contribution in [0, 0.1) is 12.7 Å². The van der Waals surface area contributed by atoms with Gasteiger partial charge in [-0.05, 0) is 30.5 Å². The number of primary amides is 1. The van der Waals surface area contributed by atoms with E-state index in [9.17, 15) is 14.0 Å². The molecule has 2 N–H and O–H groups in total. The molecule has 0 aromatic heterocycles. The summed E-state index contributed by atoms with van der Waals surface area (Å²) in [6, 6.07) is 3.10. The smallest absolute Gasteiger partial charge is 0.214 e. The Bertz CT molecular complexity index is 452. The lowest BCUT2D eigenvalue weighted by Gasteiger charge is -2.02. The molecular weight excluding hydrogens is 245 g/mol. The van der Waals surface area contributed by atoms with Crippen molar-refractivity contribution in [2.75, 3.05) is 0 Å². The summed E-state index contributed by atoms with van der Waals surface area (Å²) in [7, 11) is 0. The zero-order chi connectivity index (χ0) is 15.0. The highest BCUT2D eigenvalue weighted by atomic mass is 19.1. The fourth-order valence-electron chi connectivity index (χ4n) is 1.74. The number of carbonyl (C=O) groups excluding carboxylic acids is 2. The van der Waals surface area contributed by atoms with Crippen LogP contribution in [-0.2, 0) is 11.2 Å². The van der Waals surface area contributed by atoms with Gasteiger partial charge in [0.15, 0.2) is 5.78 Å². The first-order valence-corrected chi connectivity index (χ1v) is 6.42. The first-order valence-electron chi connectivity index (χ1n) is 6.42. The van der Waals surface area contributed by atoms with Crippen molar-refractivity contribution in [3.05, 3.63) is 34.6 Å². The molecule has 106 valence electrons. The van der Waals surface area contributed by atoms with Gasteiger partial charge in [-0.25, -0.2) is 4.39 Å². The highest BCUT2D eigenvalue weighted by Gasteiger charge is 2.23. The third kappa shape index (κ3) is 5.64. The average molecular weight is 267 g/mol. The van der Waals surface area contributed by atoms with Crippen LogP contribution in [0.3, 0.4) is 0 Å². The first-order chi connectivity index (χ1) is 8.84. The molecule has 1 aromatic rings. The van der Waals surface area contributed by atoms with Crippen LogP contribution in [0.5, 0.6) is 0 Å². The number of ketones is 1. The summed E-state index contributed by atoms with van der Waals surface area (Å²) in [6.45, 7) is 7.40. The normalized spacial score (nSPS) is 11.7. The van der Waals surface area contributed by atoms with Gasteiger partial charge in [0.1, 0.15) is 5.82 Å². The van der Waals surface area contributed by atoms with Crippen molar-refractivity contribution in [1.29, 1.82) is 0 Å². The molecule has 1 aliphatic carbocycles. The molecule has 1 amide bonds. The lowest BCUT2D eigenvalue weighted by molar-refractivity contribution is -0.115. The van der Waals surface area contributed by atoms with E-state index >= 15 is 0 Å². The summed E-state index contributed by atoms with van der Waals surface area (Å²) < 4.78 is 13.1. The third-order valence-corrected chi connectivity index (χ3v) is 2.34. The van der Waals surface area contributed by atoms with Crippen LogP contribution in [0.2, 0.25) is 0 Å². The molecule has 2 rings (SSSR count). The van der Waals surface area contributed by atoms with Crippen molar-refractivity contribution in [2.45, 2.75) is 47.0 Å². The lowest BCUT2D eigenvalue weighted by atomic mass is 10.0. The second kappa shape index (κ2) is 8.40. The van der Waals surface area contributed by atoms with E-state index < -0.39 is 0 Å².